The van der Waals surface area contributed by atoms with E-state index in [1.807, 2.05) is 20.8 Å². The topological polar surface area (TPSA) is 62.5 Å². The number of hydrogen-bond donors (Lipinski definition) is 2. The lowest BCUT2D eigenvalue weighted by Crippen LogP contribution is -2.38. The predicted molar refractivity (Wildman–Crippen MR) is 93.3 cm³/mol. The van der Waals surface area contributed by atoms with Crippen molar-refractivity contribution in [3.8, 4) is 0 Å². The van der Waals surface area contributed by atoms with Gasteiger partial charge in [0.2, 0.25) is 5.89 Å². The van der Waals surface area contributed by atoms with Crippen LogP contribution in [0.5, 0.6) is 0 Å². The summed E-state index contributed by atoms with van der Waals surface area (Å²) in [5.41, 5.74) is 0.246. The third kappa shape index (κ3) is 5.01. The molecule has 0 saturated carbocycles. The second-order valence-electron chi connectivity index (χ2n) is 6.83. The summed E-state index contributed by atoms with van der Waals surface area (Å²) in [4.78, 5) is 8.34. The minimum absolute atomic E-state index is 0.111. The molecule has 1 unspecified atom stereocenters. The van der Waals surface area contributed by atoms with Crippen LogP contribution in [0.15, 0.2) is 33.8 Å². The number of aromatic nitrogens is 1. The van der Waals surface area contributed by atoms with E-state index < -0.39 is 11.6 Å². The molecule has 0 aliphatic carbocycles. The normalized spacial score (nSPS) is 13.6. The van der Waals surface area contributed by atoms with E-state index in [0.29, 0.717) is 24.0 Å². The molecule has 0 saturated heterocycles. The monoisotopic (exact) mass is 350 g/mol. The number of rotatable bonds is 4. The van der Waals surface area contributed by atoms with E-state index in [0.717, 1.165) is 11.8 Å². The van der Waals surface area contributed by atoms with E-state index in [1.54, 1.807) is 20.2 Å². The molecule has 0 aliphatic heterocycles. The van der Waals surface area contributed by atoms with Crippen molar-refractivity contribution in [2.75, 3.05) is 7.05 Å². The molecule has 2 aromatic rings. The van der Waals surface area contributed by atoms with Crippen molar-refractivity contribution < 1.29 is 13.2 Å². The van der Waals surface area contributed by atoms with Crippen LogP contribution in [-0.4, -0.2) is 18.0 Å². The smallest absolute Gasteiger partial charge is 0.213 e. The Bertz CT molecular complexity index is 750. The second kappa shape index (κ2) is 7.63. The number of oxazole rings is 1. The number of halogens is 2. The summed E-state index contributed by atoms with van der Waals surface area (Å²) in [5.74, 6) is 0.599. The van der Waals surface area contributed by atoms with Crippen molar-refractivity contribution in [3.05, 3.63) is 53.2 Å². The first kappa shape index (κ1) is 18.9. The maximum absolute atomic E-state index is 13.9. The molecular weight excluding hydrogens is 326 g/mol. The van der Waals surface area contributed by atoms with Crippen LogP contribution < -0.4 is 10.6 Å². The van der Waals surface area contributed by atoms with E-state index in [-0.39, 0.29) is 11.5 Å². The lowest BCUT2D eigenvalue weighted by Gasteiger charge is -2.18. The van der Waals surface area contributed by atoms with Crippen molar-refractivity contribution in [1.82, 2.24) is 15.6 Å². The molecule has 0 amide bonds. The van der Waals surface area contributed by atoms with Crippen LogP contribution in [0.1, 0.15) is 51.0 Å². The number of benzene rings is 1. The summed E-state index contributed by atoms with van der Waals surface area (Å²) >= 11 is 0. The molecule has 25 heavy (non-hydrogen) atoms. The van der Waals surface area contributed by atoms with Crippen LogP contribution >= 0.6 is 0 Å². The van der Waals surface area contributed by atoms with Crippen molar-refractivity contribution in [1.29, 1.82) is 0 Å². The number of hydrogen-bond acceptors (Lipinski definition) is 3. The van der Waals surface area contributed by atoms with Gasteiger partial charge in [-0.25, -0.2) is 13.8 Å². The first-order valence-corrected chi connectivity index (χ1v) is 8.08. The third-order valence-corrected chi connectivity index (χ3v) is 3.71. The fourth-order valence-corrected chi connectivity index (χ4v) is 2.23. The van der Waals surface area contributed by atoms with Gasteiger partial charge in [0.1, 0.15) is 17.4 Å². The van der Waals surface area contributed by atoms with Gasteiger partial charge in [0.05, 0.1) is 18.8 Å². The molecule has 0 spiro atoms. The molecule has 0 fully saturated rings. The first-order chi connectivity index (χ1) is 11.7. The summed E-state index contributed by atoms with van der Waals surface area (Å²) in [7, 11) is 1.61. The molecule has 2 rings (SSSR count). The standard InChI is InChI=1S/C18H24F2N4O/c1-11(13-7-6-12(19)8-14(13)20)24-17(21-5)23-10-16-22-9-15(25-16)18(2,3)4/h6-9,11H,10H2,1-5H3,(H2,21,23,24). The maximum atomic E-state index is 13.9. The Hall–Kier alpha value is -2.44. The van der Waals surface area contributed by atoms with Gasteiger partial charge >= 0.3 is 0 Å². The molecule has 0 radical (unpaired) electrons. The third-order valence-electron chi connectivity index (χ3n) is 3.71. The Labute approximate surface area is 146 Å². The molecule has 0 bridgehead atoms. The zero-order valence-electron chi connectivity index (χ0n) is 15.2. The Morgan fingerprint density at radius 2 is 2.04 bits per heavy atom. The Kier molecular flexibility index (Phi) is 5.77. The van der Waals surface area contributed by atoms with Gasteiger partial charge in [0, 0.05) is 24.1 Å². The molecule has 136 valence electrons. The molecule has 1 heterocycles. The van der Waals surface area contributed by atoms with E-state index in [4.69, 9.17) is 4.42 Å². The van der Waals surface area contributed by atoms with E-state index in [2.05, 4.69) is 20.6 Å². The van der Waals surface area contributed by atoms with Gasteiger partial charge in [-0.15, -0.1) is 0 Å². The van der Waals surface area contributed by atoms with Gasteiger partial charge < -0.3 is 15.1 Å². The van der Waals surface area contributed by atoms with Gasteiger partial charge in [-0.2, -0.15) is 0 Å². The average Bonchev–Trinajstić information content (AvgIpc) is 3.00. The summed E-state index contributed by atoms with van der Waals surface area (Å²) < 4.78 is 32.6. The van der Waals surface area contributed by atoms with E-state index in [1.165, 1.54) is 12.1 Å². The van der Waals surface area contributed by atoms with Crippen molar-refractivity contribution in [2.45, 2.75) is 45.7 Å². The van der Waals surface area contributed by atoms with Gasteiger partial charge in [-0.05, 0) is 13.0 Å². The Balaban J connectivity index is 1.97. The summed E-state index contributed by atoms with van der Waals surface area (Å²) in [6.45, 7) is 8.25. The Morgan fingerprint density at radius 3 is 2.60 bits per heavy atom. The zero-order valence-corrected chi connectivity index (χ0v) is 15.2. The zero-order chi connectivity index (χ0) is 18.6. The minimum Gasteiger partial charge on any atom is -0.443 e. The van der Waals surface area contributed by atoms with Crippen LogP contribution in [-0.2, 0) is 12.0 Å². The fourth-order valence-electron chi connectivity index (χ4n) is 2.23. The summed E-state index contributed by atoms with van der Waals surface area (Å²) in [6.07, 6.45) is 1.71. The summed E-state index contributed by atoms with van der Waals surface area (Å²) in [6, 6.07) is 3.12. The number of guanidine groups is 1. The molecule has 0 aliphatic rings. The lowest BCUT2D eigenvalue weighted by molar-refractivity contribution is 0.379. The number of aliphatic imine (C=N–C) groups is 1. The largest absolute Gasteiger partial charge is 0.443 e. The van der Waals surface area contributed by atoms with Crippen LogP contribution in [0.25, 0.3) is 0 Å². The molecule has 1 aromatic heterocycles. The van der Waals surface area contributed by atoms with Crippen molar-refractivity contribution in [2.24, 2.45) is 4.99 Å². The van der Waals surface area contributed by atoms with Gasteiger partial charge in [-0.3, -0.25) is 4.99 Å². The molecule has 1 atom stereocenters. The van der Waals surface area contributed by atoms with Crippen LogP contribution in [0.3, 0.4) is 0 Å². The highest BCUT2D eigenvalue weighted by atomic mass is 19.1. The van der Waals surface area contributed by atoms with Gasteiger partial charge in [0.15, 0.2) is 5.96 Å². The molecule has 5 nitrogen and oxygen atoms in total. The van der Waals surface area contributed by atoms with E-state index in [9.17, 15) is 8.78 Å². The lowest BCUT2D eigenvalue weighted by atomic mass is 9.94. The van der Waals surface area contributed by atoms with Crippen molar-refractivity contribution in [3.63, 3.8) is 0 Å². The van der Waals surface area contributed by atoms with Gasteiger partial charge in [0.25, 0.3) is 0 Å². The highest BCUT2D eigenvalue weighted by molar-refractivity contribution is 5.80. The molecule has 2 N–H and O–H groups in total. The second-order valence-corrected chi connectivity index (χ2v) is 6.83. The quantitative estimate of drug-likeness (QED) is 0.652. The van der Waals surface area contributed by atoms with Crippen LogP contribution in [0.2, 0.25) is 0 Å². The molecule has 1 aromatic carbocycles. The van der Waals surface area contributed by atoms with Gasteiger partial charge in [-0.1, -0.05) is 26.8 Å². The minimum atomic E-state index is -0.602. The molecule has 7 heteroatoms. The predicted octanol–water partition coefficient (Wildman–Crippen LogP) is 3.68. The van der Waals surface area contributed by atoms with Crippen LogP contribution in [0, 0.1) is 11.6 Å². The summed E-state index contributed by atoms with van der Waals surface area (Å²) in [5, 5.41) is 6.13. The SMILES string of the molecule is CN=C(NCc1ncc(C(C)(C)C)o1)NC(C)c1ccc(F)cc1F. The highest BCUT2D eigenvalue weighted by Gasteiger charge is 2.19. The Morgan fingerprint density at radius 1 is 1.32 bits per heavy atom. The molecular formula is C18H24F2N4O. The number of nitrogens with one attached hydrogen (secondary N) is 2. The van der Waals surface area contributed by atoms with E-state index >= 15 is 0 Å². The van der Waals surface area contributed by atoms with Crippen molar-refractivity contribution >= 4 is 5.96 Å². The number of nitrogens with zero attached hydrogens (tertiary/aromatic N) is 2. The maximum Gasteiger partial charge on any atom is 0.213 e. The highest BCUT2D eigenvalue weighted by Crippen LogP contribution is 2.22. The first-order valence-electron chi connectivity index (χ1n) is 8.08. The van der Waals surface area contributed by atoms with Crippen LogP contribution in [0.4, 0.5) is 8.78 Å². The average molecular weight is 350 g/mol. The fraction of sp³-hybridized carbons (Fsp3) is 0.444.